The number of carbonyl (C=O) groups is 1. The molecule has 18 heavy (non-hydrogen) atoms. The van der Waals surface area contributed by atoms with Gasteiger partial charge in [-0.3, -0.25) is 0 Å². The average molecular weight is 260 g/mol. The van der Waals surface area contributed by atoms with Gasteiger partial charge >= 0.3 is 5.97 Å². The van der Waals surface area contributed by atoms with E-state index in [-0.39, 0.29) is 5.17 Å². The van der Waals surface area contributed by atoms with Crippen LogP contribution >= 0.6 is 11.6 Å². The minimum absolute atomic E-state index is 0.139. The third-order valence-electron chi connectivity index (χ3n) is 2.23. The maximum Gasteiger partial charge on any atom is 0.365 e. The van der Waals surface area contributed by atoms with E-state index in [1.807, 2.05) is 24.3 Å². The molecule has 2 aromatic carbocycles. The van der Waals surface area contributed by atoms with Gasteiger partial charge in [-0.05, 0) is 12.1 Å². The summed E-state index contributed by atoms with van der Waals surface area (Å²) in [4.78, 5) is 16.4. The Morgan fingerprint density at radius 1 is 0.889 bits per heavy atom. The van der Waals surface area contributed by atoms with Crippen LogP contribution < -0.4 is 0 Å². The summed E-state index contributed by atoms with van der Waals surface area (Å²) in [5.74, 6) is -0.537. The molecule has 0 radical (unpaired) electrons. The summed E-state index contributed by atoms with van der Waals surface area (Å²) >= 11 is 5.91. The number of benzene rings is 2. The van der Waals surface area contributed by atoms with Gasteiger partial charge in [-0.25, -0.2) is 4.79 Å². The Labute approximate surface area is 110 Å². The summed E-state index contributed by atoms with van der Waals surface area (Å²) in [5.41, 5.74) is 1.12. The highest BCUT2D eigenvalue weighted by molar-refractivity contribution is 6.69. The van der Waals surface area contributed by atoms with Gasteiger partial charge in [0.15, 0.2) is 5.17 Å². The van der Waals surface area contributed by atoms with Crippen LogP contribution in [0.5, 0.6) is 0 Å². The number of nitrogens with zero attached hydrogens (tertiary/aromatic N) is 1. The van der Waals surface area contributed by atoms with Crippen molar-refractivity contribution >= 4 is 22.7 Å². The summed E-state index contributed by atoms with van der Waals surface area (Å²) in [6, 6.07) is 17.7. The van der Waals surface area contributed by atoms with Crippen molar-refractivity contribution in [1.82, 2.24) is 0 Å². The maximum atomic E-state index is 11.6. The normalized spacial score (nSPS) is 11.1. The van der Waals surface area contributed by atoms with Crippen molar-refractivity contribution < 1.29 is 9.63 Å². The van der Waals surface area contributed by atoms with Crippen LogP contribution in [0, 0.1) is 0 Å². The van der Waals surface area contributed by atoms with Crippen molar-refractivity contribution in [3.63, 3.8) is 0 Å². The lowest BCUT2D eigenvalue weighted by molar-refractivity contribution is 0.0518. The Balaban J connectivity index is 2.05. The topological polar surface area (TPSA) is 38.7 Å². The summed E-state index contributed by atoms with van der Waals surface area (Å²) in [5, 5.41) is 3.74. The molecule has 0 amide bonds. The fourth-order valence-electron chi connectivity index (χ4n) is 1.34. The Hall–Kier alpha value is -2.13. The Morgan fingerprint density at radius 2 is 1.39 bits per heavy atom. The average Bonchev–Trinajstić information content (AvgIpc) is 2.46. The Bertz CT molecular complexity index is 553. The van der Waals surface area contributed by atoms with E-state index in [0.29, 0.717) is 11.1 Å². The second-order valence-electron chi connectivity index (χ2n) is 3.49. The van der Waals surface area contributed by atoms with Crippen LogP contribution in [0.15, 0.2) is 65.8 Å². The van der Waals surface area contributed by atoms with Crippen LogP contribution in [0.4, 0.5) is 0 Å². The zero-order valence-electron chi connectivity index (χ0n) is 9.42. The molecular weight excluding hydrogens is 250 g/mol. The highest BCUT2D eigenvalue weighted by atomic mass is 35.5. The first-order chi connectivity index (χ1) is 8.77. The molecule has 0 aliphatic carbocycles. The van der Waals surface area contributed by atoms with Crippen molar-refractivity contribution in [1.29, 1.82) is 0 Å². The van der Waals surface area contributed by atoms with E-state index in [0.717, 1.165) is 0 Å². The zero-order chi connectivity index (χ0) is 12.8. The molecule has 0 fully saturated rings. The van der Waals surface area contributed by atoms with Gasteiger partial charge in [0, 0.05) is 5.56 Å². The predicted octanol–water partition coefficient (Wildman–Crippen LogP) is 3.44. The summed E-state index contributed by atoms with van der Waals surface area (Å²) in [6.07, 6.45) is 0. The van der Waals surface area contributed by atoms with Crippen LogP contribution in [0.1, 0.15) is 15.9 Å². The van der Waals surface area contributed by atoms with E-state index >= 15 is 0 Å². The van der Waals surface area contributed by atoms with Gasteiger partial charge in [-0.2, -0.15) is 0 Å². The minimum Gasteiger partial charge on any atom is -0.311 e. The molecule has 0 spiro atoms. The van der Waals surface area contributed by atoms with Crippen molar-refractivity contribution in [2.75, 3.05) is 0 Å². The van der Waals surface area contributed by atoms with Crippen LogP contribution in [-0.2, 0) is 4.84 Å². The van der Waals surface area contributed by atoms with E-state index < -0.39 is 5.97 Å². The van der Waals surface area contributed by atoms with Crippen LogP contribution in [0.3, 0.4) is 0 Å². The van der Waals surface area contributed by atoms with Gasteiger partial charge < -0.3 is 4.84 Å². The SMILES string of the molecule is O=C(O/N=C(/Cl)c1ccccc1)c1ccccc1. The van der Waals surface area contributed by atoms with Gasteiger partial charge in [-0.1, -0.05) is 65.3 Å². The largest absolute Gasteiger partial charge is 0.365 e. The van der Waals surface area contributed by atoms with Crippen molar-refractivity contribution in [2.45, 2.75) is 0 Å². The van der Waals surface area contributed by atoms with Crippen LogP contribution in [0.2, 0.25) is 0 Å². The van der Waals surface area contributed by atoms with Crippen LogP contribution in [-0.4, -0.2) is 11.1 Å². The van der Waals surface area contributed by atoms with Crippen molar-refractivity contribution in [3.8, 4) is 0 Å². The van der Waals surface area contributed by atoms with E-state index in [1.54, 1.807) is 36.4 Å². The molecule has 2 aromatic rings. The first-order valence-corrected chi connectivity index (χ1v) is 5.70. The number of oxime groups is 1. The first-order valence-electron chi connectivity index (χ1n) is 5.32. The second kappa shape index (κ2) is 5.98. The lowest BCUT2D eigenvalue weighted by Crippen LogP contribution is -2.02. The maximum absolute atomic E-state index is 11.6. The Morgan fingerprint density at radius 3 is 1.94 bits per heavy atom. The zero-order valence-corrected chi connectivity index (χ0v) is 10.2. The van der Waals surface area contributed by atoms with Gasteiger partial charge in [0.25, 0.3) is 0 Å². The number of hydrogen-bond donors (Lipinski definition) is 0. The van der Waals surface area contributed by atoms with Gasteiger partial charge in [-0.15, -0.1) is 0 Å². The monoisotopic (exact) mass is 259 g/mol. The second-order valence-corrected chi connectivity index (χ2v) is 3.85. The van der Waals surface area contributed by atoms with Gasteiger partial charge in [0.1, 0.15) is 0 Å². The molecule has 2 rings (SSSR count). The highest BCUT2D eigenvalue weighted by Crippen LogP contribution is 2.07. The quantitative estimate of drug-likeness (QED) is 0.481. The molecule has 0 aromatic heterocycles. The fourth-order valence-corrected chi connectivity index (χ4v) is 1.50. The van der Waals surface area contributed by atoms with E-state index in [2.05, 4.69) is 5.16 Å². The smallest absolute Gasteiger partial charge is 0.311 e. The molecule has 0 heterocycles. The molecule has 0 unspecified atom stereocenters. The molecule has 0 aliphatic heterocycles. The van der Waals surface area contributed by atoms with E-state index in [4.69, 9.17) is 16.4 Å². The molecule has 4 heteroatoms. The first kappa shape index (κ1) is 12.3. The number of rotatable bonds is 3. The third-order valence-corrected chi connectivity index (χ3v) is 2.52. The van der Waals surface area contributed by atoms with E-state index in [9.17, 15) is 4.79 Å². The molecule has 0 saturated carbocycles. The van der Waals surface area contributed by atoms with Gasteiger partial charge in [0.05, 0.1) is 5.56 Å². The van der Waals surface area contributed by atoms with E-state index in [1.165, 1.54) is 0 Å². The summed E-state index contributed by atoms with van der Waals surface area (Å²) in [6.45, 7) is 0. The highest BCUT2D eigenvalue weighted by Gasteiger charge is 2.07. The van der Waals surface area contributed by atoms with Gasteiger partial charge in [0.2, 0.25) is 0 Å². The predicted molar refractivity (Wildman–Crippen MR) is 70.7 cm³/mol. The lowest BCUT2D eigenvalue weighted by Gasteiger charge is -1.99. The standard InChI is InChI=1S/C14H10ClNO2/c15-13(11-7-3-1-4-8-11)16-18-14(17)12-9-5-2-6-10-12/h1-10H/b16-13+. The fraction of sp³-hybridized carbons (Fsp3) is 0. The number of hydrogen-bond acceptors (Lipinski definition) is 3. The minimum atomic E-state index is -0.537. The summed E-state index contributed by atoms with van der Waals surface area (Å²) in [7, 11) is 0. The molecule has 0 bridgehead atoms. The number of halogens is 1. The van der Waals surface area contributed by atoms with Crippen molar-refractivity contribution in [2.24, 2.45) is 5.16 Å². The third kappa shape index (κ3) is 3.18. The summed E-state index contributed by atoms with van der Waals surface area (Å²) < 4.78 is 0. The molecule has 3 nitrogen and oxygen atoms in total. The molecule has 0 aliphatic rings. The molecule has 90 valence electrons. The van der Waals surface area contributed by atoms with Crippen molar-refractivity contribution in [3.05, 3.63) is 71.8 Å². The van der Waals surface area contributed by atoms with Crippen LogP contribution in [0.25, 0.3) is 0 Å². The molecule has 0 atom stereocenters. The Kier molecular flexibility index (Phi) is 4.10. The molecular formula is C14H10ClNO2. The molecule has 0 saturated heterocycles. The number of carbonyl (C=O) groups excluding carboxylic acids is 1. The molecule has 0 N–H and O–H groups in total. The lowest BCUT2D eigenvalue weighted by atomic mass is 10.2.